The minimum atomic E-state index is -0.488. The van der Waals surface area contributed by atoms with Gasteiger partial charge in [0.1, 0.15) is 17.7 Å². The topological polar surface area (TPSA) is 126 Å². The number of hydrogen-bond acceptors (Lipinski definition) is 8. The Hall–Kier alpha value is -3.47. The molecule has 0 atom stereocenters. The number of nitrogens with zero attached hydrogens (tertiary/aromatic N) is 2. The average molecular weight is 514 g/mol. The summed E-state index contributed by atoms with van der Waals surface area (Å²) >= 11 is 6.02. The van der Waals surface area contributed by atoms with Crippen LogP contribution in [0.5, 0.6) is 0 Å². The van der Waals surface area contributed by atoms with Crippen LogP contribution in [0.15, 0.2) is 42.7 Å². The van der Waals surface area contributed by atoms with Crippen molar-refractivity contribution in [2.45, 2.75) is 12.8 Å². The van der Waals surface area contributed by atoms with E-state index in [1.807, 2.05) is 7.05 Å². The van der Waals surface area contributed by atoms with Crippen molar-refractivity contribution < 1.29 is 13.9 Å². The fourth-order valence-electron chi connectivity index (χ4n) is 3.92. The molecule has 0 spiro atoms. The molecule has 1 amide bonds. The summed E-state index contributed by atoms with van der Waals surface area (Å²) in [6.07, 6.45) is 2.67. The van der Waals surface area contributed by atoms with Crippen molar-refractivity contribution in [1.29, 1.82) is 0 Å². The van der Waals surface area contributed by atoms with E-state index in [9.17, 15) is 4.79 Å². The van der Waals surface area contributed by atoms with Crippen LogP contribution < -0.4 is 27.0 Å². The molecule has 1 saturated heterocycles. The molecule has 1 aliphatic heterocycles. The van der Waals surface area contributed by atoms with Crippen molar-refractivity contribution in [2.75, 3.05) is 55.0 Å². The van der Waals surface area contributed by atoms with E-state index in [1.165, 1.54) is 6.33 Å². The second-order valence-corrected chi connectivity index (χ2v) is 8.74. The molecule has 9 nitrogen and oxygen atoms in total. The zero-order valence-electron chi connectivity index (χ0n) is 19.9. The third-order valence-electron chi connectivity index (χ3n) is 5.97. The first-order chi connectivity index (χ1) is 17.5. The lowest BCUT2D eigenvalue weighted by Gasteiger charge is -2.21. The number of rotatable bonds is 9. The van der Waals surface area contributed by atoms with Gasteiger partial charge in [0.15, 0.2) is 16.8 Å². The van der Waals surface area contributed by atoms with Gasteiger partial charge in [-0.25, -0.2) is 14.4 Å². The molecule has 2 heterocycles. The maximum atomic E-state index is 15.9. The second-order valence-electron chi connectivity index (χ2n) is 8.39. The Morgan fingerprint density at radius 2 is 1.89 bits per heavy atom. The van der Waals surface area contributed by atoms with E-state index in [4.69, 9.17) is 22.1 Å². The summed E-state index contributed by atoms with van der Waals surface area (Å²) in [5.74, 6) is -0.372. The van der Waals surface area contributed by atoms with Gasteiger partial charge in [-0.15, -0.1) is 0 Å². The number of likely N-dealkylation sites (N-methyl/N-ethyl adjacent to an activating group) is 1. The first-order valence-electron chi connectivity index (χ1n) is 11.7. The van der Waals surface area contributed by atoms with Crippen molar-refractivity contribution in [3.8, 4) is 11.1 Å². The molecule has 0 saturated carbocycles. The highest BCUT2D eigenvalue weighted by molar-refractivity contribution is 6.32. The lowest BCUT2D eigenvalue weighted by atomic mass is 9.99. The highest BCUT2D eigenvalue weighted by atomic mass is 35.5. The Morgan fingerprint density at radius 3 is 2.61 bits per heavy atom. The molecule has 1 aromatic heterocycles. The fourth-order valence-corrected chi connectivity index (χ4v) is 4.05. The highest BCUT2D eigenvalue weighted by Gasteiger charge is 2.22. The number of aromatic nitrogens is 2. The van der Waals surface area contributed by atoms with Gasteiger partial charge in [-0.05, 0) is 49.7 Å². The number of amides is 1. The molecule has 6 N–H and O–H groups in total. The lowest BCUT2D eigenvalue weighted by Crippen LogP contribution is -2.28. The number of ether oxygens (including phenoxy) is 1. The predicted molar refractivity (Wildman–Crippen MR) is 141 cm³/mol. The molecular weight excluding hydrogens is 485 g/mol. The van der Waals surface area contributed by atoms with Crippen LogP contribution in [0.25, 0.3) is 11.1 Å². The number of anilines is 5. The summed E-state index contributed by atoms with van der Waals surface area (Å²) in [4.78, 5) is 20.5. The number of nitrogens with one attached hydrogen (secondary N) is 4. The highest BCUT2D eigenvalue weighted by Crippen LogP contribution is 2.37. The molecule has 11 heteroatoms. The van der Waals surface area contributed by atoms with Gasteiger partial charge in [0.2, 0.25) is 5.91 Å². The number of nitrogens with two attached hydrogens (primary N) is 1. The van der Waals surface area contributed by atoms with E-state index < -0.39 is 5.82 Å². The van der Waals surface area contributed by atoms with Crippen LogP contribution in [-0.4, -0.2) is 49.2 Å². The number of carbonyl (C=O) groups excluding carboxylic acids is 1. The standard InChI is InChI=1S/C25H29ClFN7O2/c1-29-10-11-30-19-7-6-18(20(27)22(19)34-24-21(28)23(26)31-14-32-24)15-2-4-17(5-3-15)33-25(35)16-8-12-36-13-9-16/h2-7,14,16,29-30H,8-13,28H2,1H3,(H,33,35)(H,31,32,34). The molecule has 1 fully saturated rings. The zero-order valence-corrected chi connectivity index (χ0v) is 20.7. The SMILES string of the molecule is CNCCNc1ccc(-c2ccc(NC(=O)C3CCOCC3)cc2)c(F)c1Nc1ncnc(Cl)c1N. The summed E-state index contributed by atoms with van der Waals surface area (Å²) in [5.41, 5.74) is 8.52. The molecule has 36 heavy (non-hydrogen) atoms. The van der Waals surface area contributed by atoms with Gasteiger partial charge < -0.3 is 31.7 Å². The molecule has 190 valence electrons. The third kappa shape index (κ3) is 6.01. The Balaban J connectivity index is 1.59. The van der Waals surface area contributed by atoms with Gasteiger partial charge >= 0.3 is 0 Å². The van der Waals surface area contributed by atoms with Gasteiger partial charge in [-0.2, -0.15) is 0 Å². The monoisotopic (exact) mass is 513 g/mol. The van der Waals surface area contributed by atoms with Crippen LogP contribution in [0.2, 0.25) is 5.15 Å². The summed E-state index contributed by atoms with van der Waals surface area (Å²) in [6, 6.07) is 10.6. The summed E-state index contributed by atoms with van der Waals surface area (Å²) in [6.45, 7) is 2.45. The van der Waals surface area contributed by atoms with Crippen LogP contribution in [0.3, 0.4) is 0 Å². The van der Waals surface area contributed by atoms with Crippen LogP contribution in [-0.2, 0) is 9.53 Å². The predicted octanol–water partition coefficient (Wildman–Crippen LogP) is 4.26. The Labute approximate surface area is 214 Å². The van der Waals surface area contributed by atoms with Gasteiger partial charge in [0, 0.05) is 43.5 Å². The number of benzene rings is 2. The van der Waals surface area contributed by atoms with Crippen molar-refractivity contribution in [1.82, 2.24) is 15.3 Å². The van der Waals surface area contributed by atoms with Gasteiger partial charge in [-0.1, -0.05) is 23.7 Å². The maximum Gasteiger partial charge on any atom is 0.227 e. The molecule has 3 aromatic rings. The van der Waals surface area contributed by atoms with Crippen molar-refractivity contribution in [2.24, 2.45) is 5.92 Å². The van der Waals surface area contributed by atoms with E-state index >= 15 is 4.39 Å². The molecule has 2 aromatic carbocycles. The second kappa shape index (κ2) is 12.0. The maximum absolute atomic E-state index is 15.9. The van der Waals surface area contributed by atoms with Gasteiger partial charge in [0.25, 0.3) is 0 Å². The third-order valence-corrected chi connectivity index (χ3v) is 6.27. The van der Waals surface area contributed by atoms with Crippen LogP contribution >= 0.6 is 11.6 Å². The number of hydrogen-bond donors (Lipinski definition) is 5. The number of carbonyl (C=O) groups is 1. The van der Waals surface area contributed by atoms with Crippen LogP contribution in [0.1, 0.15) is 12.8 Å². The van der Waals surface area contributed by atoms with E-state index in [0.717, 1.165) is 0 Å². The summed E-state index contributed by atoms with van der Waals surface area (Å²) < 4.78 is 21.2. The summed E-state index contributed by atoms with van der Waals surface area (Å²) in [7, 11) is 1.84. The number of nitrogen functional groups attached to an aromatic ring is 1. The molecule has 0 aliphatic carbocycles. The molecule has 1 aliphatic rings. The van der Waals surface area contributed by atoms with Crippen molar-refractivity contribution in [3.05, 3.63) is 53.7 Å². The summed E-state index contributed by atoms with van der Waals surface area (Å²) in [5, 5.41) is 12.2. The first kappa shape index (κ1) is 25.6. The van der Waals surface area contributed by atoms with Crippen molar-refractivity contribution in [3.63, 3.8) is 0 Å². The normalized spacial score (nSPS) is 13.9. The van der Waals surface area contributed by atoms with E-state index in [1.54, 1.807) is 36.4 Å². The average Bonchev–Trinajstić information content (AvgIpc) is 2.90. The molecule has 0 radical (unpaired) electrons. The van der Waals surface area contributed by atoms with Crippen LogP contribution in [0, 0.1) is 11.7 Å². The van der Waals surface area contributed by atoms with E-state index in [-0.39, 0.29) is 34.2 Å². The minimum Gasteiger partial charge on any atom is -0.393 e. The quantitative estimate of drug-likeness (QED) is 0.212. The van der Waals surface area contributed by atoms with Crippen molar-refractivity contribution >= 4 is 46.1 Å². The van der Waals surface area contributed by atoms with Gasteiger partial charge in [-0.3, -0.25) is 4.79 Å². The molecule has 4 rings (SSSR count). The fraction of sp³-hybridized carbons (Fsp3) is 0.320. The minimum absolute atomic E-state index is 0.0261. The zero-order chi connectivity index (χ0) is 25.5. The molecular formula is C25H29ClFN7O2. The first-order valence-corrected chi connectivity index (χ1v) is 12.1. The Kier molecular flexibility index (Phi) is 8.52. The molecule has 0 bridgehead atoms. The largest absolute Gasteiger partial charge is 0.393 e. The smallest absolute Gasteiger partial charge is 0.227 e. The number of halogens is 2. The van der Waals surface area contributed by atoms with E-state index in [2.05, 4.69) is 31.2 Å². The Bertz CT molecular complexity index is 1200. The van der Waals surface area contributed by atoms with Crippen LogP contribution in [0.4, 0.5) is 33.0 Å². The molecule has 0 unspecified atom stereocenters. The Morgan fingerprint density at radius 1 is 1.14 bits per heavy atom. The van der Waals surface area contributed by atoms with Gasteiger partial charge in [0.05, 0.1) is 5.69 Å². The lowest BCUT2D eigenvalue weighted by molar-refractivity contribution is -0.122. The van der Waals surface area contributed by atoms with E-state index in [0.29, 0.717) is 61.6 Å².